The van der Waals surface area contributed by atoms with E-state index in [4.69, 9.17) is 0 Å². The first-order valence-corrected chi connectivity index (χ1v) is 5.70. The minimum Gasteiger partial charge on any atom is -1.00 e. The van der Waals surface area contributed by atoms with Gasteiger partial charge in [0.1, 0.15) is 0 Å². The van der Waals surface area contributed by atoms with Crippen molar-refractivity contribution >= 4 is 0 Å². The Labute approximate surface area is 161 Å². The molecular formula is C14H12Cl2F6Hf. The Hall–Kier alpha value is -0.270. The molecule has 2 aromatic rings. The maximum absolute atomic E-state index is 11.6. The smallest absolute Gasteiger partial charge is 1.00 e. The first-order chi connectivity index (χ1) is 9.16. The van der Waals surface area contributed by atoms with E-state index in [2.05, 4.69) is 0 Å². The topological polar surface area (TPSA) is 0 Å². The molecule has 2 rings (SSSR count). The van der Waals surface area contributed by atoms with Crippen LogP contribution in [-0.2, 0) is 38.7 Å². The predicted octanol–water partition coefficient (Wildman–Crippen LogP) is -0.974. The van der Waals surface area contributed by atoms with Crippen LogP contribution in [0.5, 0.6) is 0 Å². The molecule has 0 aromatic heterocycles. The molecule has 0 saturated heterocycles. The molecule has 0 bridgehead atoms. The second-order valence-corrected chi connectivity index (χ2v) is 4.17. The van der Waals surface area contributed by atoms with Crippen LogP contribution < -0.4 is 24.8 Å². The van der Waals surface area contributed by atoms with Crippen molar-refractivity contribution in [2.45, 2.75) is 25.2 Å². The molecule has 0 aliphatic carbocycles. The van der Waals surface area contributed by atoms with Gasteiger partial charge in [-0.25, -0.2) is 24.3 Å². The number of rotatable bonds is 2. The zero-order valence-electron chi connectivity index (χ0n) is 11.6. The number of hydrogen-bond acceptors (Lipinski definition) is 0. The van der Waals surface area contributed by atoms with Gasteiger partial charge in [-0.15, -0.1) is 11.1 Å². The van der Waals surface area contributed by atoms with Crippen molar-refractivity contribution in [3.63, 3.8) is 0 Å². The molecule has 2 aromatic carbocycles. The van der Waals surface area contributed by atoms with Crippen LogP contribution in [0.4, 0.5) is 26.3 Å². The van der Waals surface area contributed by atoms with Crippen molar-refractivity contribution in [2.75, 3.05) is 0 Å². The van der Waals surface area contributed by atoms with Crippen molar-refractivity contribution in [1.82, 2.24) is 0 Å². The second-order valence-electron chi connectivity index (χ2n) is 4.17. The molecule has 0 amide bonds. The molecule has 0 fully saturated rings. The van der Waals surface area contributed by atoms with E-state index in [1.807, 2.05) is 0 Å². The second kappa shape index (κ2) is 12.1. The van der Waals surface area contributed by atoms with Crippen LogP contribution in [-0.4, -0.2) is 12.4 Å². The zero-order valence-corrected chi connectivity index (χ0v) is 16.7. The summed E-state index contributed by atoms with van der Waals surface area (Å²) < 4.78 is 69.7. The third kappa shape index (κ3) is 15.0. The van der Waals surface area contributed by atoms with Gasteiger partial charge in [-0.05, 0) is 0 Å². The molecule has 0 aliphatic rings. The fourth-order valence-electron chi connectivity index (χ4n) is 1.53. The Balaban J connectivity index is -0.000000308. The maximum atomic E-state index is 11.6. The summed E-state index contributed by atoms with van der Waals surface area (Å²) in [5, 5.41) is 0. The summed E-state index contributed by atoms with van der Waals surface area (Å²) in [5.41, 5.74) is 0.653. The van der Waals surface area contributed by atoms with Gasteiger partial charge in [-0.3, -0.25) is 0 Å². The minimum absolute atomic E-state index is 0. The van der Waals surface area contributed by atoms with Crippen LogP contribution in [0.3, 0.4) is 0 Å². The van der Waals surface area contributed by atoms with E-state index in [1.54, 1.807) is 24.3 Å². The molecule has 0 N–H and O–H groups in total. The van der Waals surface area contributed by atoms with E-state index in [1.165, 1.54) is 24.3 Å². The maximum Gasteiger partial charge on any atom is 4.00 e. The first kappa shape index (κ1) is 27.6. The van der Waals surface area contributed by atoms with E-state index in [9.17, 15) is 26.3 Å². The number of alkyl halides is 6. The average molecular weight is 544 g/mol. The quantitative estimate of drug-likeness (QED) is 0.260. The van der Waals surface area contributed by atoms with Gasteiger partial charge in [-0.1, -0.05) is 0 Å². The summed E-state index contributed by atoms with van der Waals surface area (Å²) in [5.74, 6) is 0. The van der Waals surface area contributed by atoms with Crippen LogP contribution in [0.15, 0.2) is 48.5 Å². The van der Waals surface area contributed by atoms with Crippen LogP contribution in [0.1, 0.15) is 11.1 Å². The fourth-order valence-corrected chi connectivity index (χ4v) is 1.53. The molecule has 23 heavy (non-hydrogen) atoms. The molecular weight excluding hydrogens is 532 g/mol. The molecule has 0 radical (unpaired) electrons. The standard InChI is InChI=1S/2C7H6F3.2ClH.Hf/c2*8-7(9,10)5-6-3-1-2-4-6;;;/h2*1-4H,5H2;2*1H;/q2*-1;;;+4/p-2. The Morgan fingerprint density at radius 1 is 0.565 bits per heavy atom. The normalized spacial score (nSPS) is 10.3. The molecule has 0 aliphatic heterocycles. The van der Waals surface area contributed by atoms with Gasteiger partial charge in [0.25, 0.3) is 0 Å². The summed E-state index contributed by atoms with van der Waals surface area (Å²) in [6.07, 6.45) is -9.79. The van der Waals surface area contributed by atoms with Gasteiger partial charge >= 0.3 is 38.2 Å². The van der Waals surface area contributed by atoms with Gasteiger partial charge in [-0.2, -0.15) is 50.6 Å². The van der Waals surface area contributed by atoms with Crippen molar-refractivity contribution in [2.24, 2.45) is 0 Å². The summed E-state index contributed by atoms with van der Waals surface area (Å²) in [6.45, 7) is 0. The van der Waals surface area contributed by atoms with Crippen LogP contribution in [0.2, 0.25) is 0 Å². The Morgan fingerprint density at radius 3 is 0.957 bits per heavy atom. The molecule has 9 heteroatoms. The predicted molar refractivity (Wildman–Crippen MR) is 63.6 cm³/mol. The van der Waals surface area contributed by atoms with Crippen LogP contribution >= 0.6 is 0 Å². The molecule has 0 atom stereocenters. The monoisotopic (exact) mass is 544 g/mol. The van der Waals surface area contributed by atoms with Gasteiger partial charge < -0.3 is 24.8 Å². The SMILES string of the molecule is FC(F)(F)C[c-]1cccc1.FC(F)(F)C[c-]1cccc1.[Cl-].[Cl-].[Hf+4]. The first-order valence-electron chi connectivity index (χ1n) is 5.70. The van der Waals surface area contributed by atoms with Crippen molar-refractivity contribution in [3.05, 3.63) is 59.7 Å². The Kier molecular flexibility index (Phi) is 14.6. The summed E-state index contributed by atoms with van der Waals surface area (Å²) in [4.78, 5) is 0. The number of halogens is 8. The third-order valence-electron chi connectivity index (χ3n) is 2.27. The van der Waals surface area contributed by atoms with Gasteiger partial charge in [0, 0.05) is 12.8 Å². The molecule has 0 heterocycles. The number of hydrogen-bond donors (Lipinski definition) is 0. The molecule has 128 valence electrons. The van der Waals surface area contributed by atoms with Crippen molar-refractivity contribution in [3.8, 4) is 0 Å². The molecule has 0 saturated carbocycles. The van der Waals surface area contributed by atoms with Crippen LogP contribution in [0.25, 0.3) is 0 Å². The molecule has 0 spiro atoms. The molecule has 0 unspecified atom stereocenters. The van der Waals surface area contributed by atoms with Crippen molar-refractivity contribution < 1.29 is 77.0 Å². The average Bonchev–Trinajstić information content (AvgIpc) is 2.87. The van der Waals surface area contributed by atoms with Crippen molar-refractivity contribution in [1.29, 1.82) is 0 Å². The van der Waals surface area contributed by atoms with E-state index in [-0.39, 0.29) is 50.7 Å². The largest absolute Gasteiger partial charge is 4.00 e. The van der Waals surface area contributed by atoms with Crippen LogP contribution in [0, 0.1) is 0 Å². The van der Waals surface area contributed by atoms with E-state index >= 15 is 0 Å². The zero-order chi connectivity index (χ0) is 15.2. The Morgan fingerprint density at radius 2 is 0.783 bits per heavy atom. The van der Waals surface area contributed by atoms with Gasteiger partial charge in [0.2, 0.25) is 0 Å². The van der Waals surface area contributed by atoms with E-state index in [0.29, 0.717) is 11.1 Å². The van der Waals surface area contributed by atoms with Gasteiger partial charge in [0.15, 0.2) is 0 Å². The van der Waals surface area contributed by atoms with E-state index in [0.717, 1.165) is 0 Å². The summed E-state index contributed by atoms with van der Waals surface area (Å²) in [6, 6.07) is 12.3. The minimum atomic E-state index is -4.08. The van der Waals surface area contributed by atoms with E-state index < -0.39 is 25.2 Å². The Bertz CT molecular complexity index is 428. The summed E-state index contributed by atoms with van der Waals surface area (Å²) in [7, 11) is 0. The summed E-state index contributed by atoms with van der Waals surface area (Å²) >= 11 is 0. The molecule has 0 nitrogen and oxygen atoms in total. The fraction of sp³-hybridized carbons (Fsp3) is 0.286. The van der Waals surface area contributed by atoms with Gasteiger partial charge in [0.05, 0.1) is 0 Å². The third-order valence-corrected chi connectivity index (χ3v) is 2.27.